The van der Waals surface area contributed by atoms with Gasteiger partial charge in [-0.2, -0.15) is 5.10 Å². The van der Waals surface area contributed by atoms with Crippen molar-refractivity contribution in [2.45, 2.75) is 37.7 Å². The van der Waals surface area contributed by atoms with Crippen LogP contribution in [-0.2, 0) is 29.5 Å². The summed E-state index contributed by atoms with van der Waals surface area (Å²) in [5.41, 5.74) is 1.43. The number of carbonyl (C=O) groups is 1. The lowest BCUT2D eigenvalue weighted by molar-refractivity contribution is 0.0656. The molecule has 1 unspecified atom stereocenters. The van der Waals surface area contributed by atoms with Gasteiger partial charge in [-0.3, -0.25) is 8.89 Å². The quantitative estimate of drug-likeness (QED) is 0.880. The Morgan fingerprint density at radius 3 is 2.71 bits per heavy atom. The lowest BCUT2D eigenvalue weighted by Crippen LogP contribution is -2.06. The number of aromatic nitrogens is 2. The molecular weight excluding hydrogens is 316 g/mol. The van der Waals surface area contributed by atoms with Crippen molar-refractivity contribution < 1.29 is 18.5 Å². The van der Waals surface area contributed by atoms with Gasteiger partial charge in [0.2, 0.25) is 5.76 Å². The first-order valence-corrected chi connectivity index (χ1v) is 8.13. The molecule has 2 aromatic rings. The van der Waals surface area contributed by atoms with Crippen LogP contribution in [0.4, 0.5) is 0 Å². The summed E-state index contributed by atoms with van der Waals surface area (Å²) in [7, 11) is -1.52. The zero-order valence-corrected chi connectivity index (χ0v) is 13.2. The van der Waals surface area contributed by atoms with Crippen molar-refractivity contribution in [2.24, 2.45) is 0 Å². The van der Waals surface area contributed by atoms with E-state index in [-0.39, 0.29) is 16.6 Å². The van der Waals surface area contributed by atoms with Crippen molar-refractivity contribution in [1.82, 2.24) is 9.78 Å². The molecule has 0 aliphatic carbocycles. The summed E-state index contributed by atoms with van der Waals surface area (Å²) in [6.07, 6.45) is 0.690. The molecule has 2 rings (SSSR count). The van der Waals surface area contributed by atoms with E-state index in [0.29, 0.717) is 23.7 Å². The number of rotatable bonds is 6. The fourth-order valence-corrected chi connectivity index (χ4v) is 3.41. The molecular formula is C13H15ClN2O4S. The number of furan rings is 1. The fraction of sp³-hybridized carbons (Fsp3) is 0.385. The van der Waals surface area contributed by atoms with Gasteiger partial charge in [0.05, 0.1) is 33.0 Å². The Bertz CT molecular complexity index is 692. The van der Waals surface area contributed by atoms with Crippen LogP contribution in [0.5, 0.6) is 0 Å². The molecule has 0 saturated carbocycles. The van der Waals surface area contributed by atoms with Crippen LogP contribution >= 0.6 is 11.6 Å². The van der Waals surface area contributed by atoms with Crippen LogP contribution in [0.2, 0.25) is 5.02 Å². The van der Waals surface area contributed by atoms with Crippen LogP contribution < -0.4 is 0 Å². The molecule has 2 heterocycles. The predicted octanol–water partition coefficient (Wildman–Crippen LogP) is 2.72. The number of nitrogens with zero attached hydrogens (tertiary/aromatic N) is 2. The van der Waals surface area contributed by atoms with E-state index in [0.717, 1.165) is 5.69 Å². The third kappa shape index (κ3) is 3.19. The van der Waals surface area contributed by atoms with E-state index >= 15 is 0 Å². The van der Waals surface area contributed by atoms with Gasteiger partial charge in [0.25, 0.3) is 0 Å². The predicted molar refractivity (Wildman–Crippen MR) is 78.1 cm³/mol. The normalized spacial score (nSPS) is 12.5. The Morgan fingerprint density at radius 1 is 1.48 bits per heavy atom. The highest BCUT2D eigenvalue weighted by molar-refractivity contribution is 7.84. The van der Waals surface area contributed by atoms with Crippen molar-refractivity contribution in [3.8, 4) is 0 Å². The van der Waals surface area contributed by atoms with Crippen molar-refractivity contribution in [1.29, 1.82) is 0 Å². The third-order valence-electron chi connectivity index (χ3n) is 2.98. The lowest BCUT2D eigenvalue weighted by Gasteiger charge is -2.04. The highest BCUT2D eigenvalue weighted by Gasteiger charge is 2.20. The number of hydrogen-bond acceptors (Lipinski definition) is 4. The Labute approximate surface area is 129 Å². The molecule has 0 spiro atoms. The largest absolute Gasteiger partial charge is 0.475 e. The molecule has 0 bridgehead atoms. The van der Waals surface area contributed by atoms with Crippen molar-refractivity contribution in [3.63, 3.8) is 0 Å². The minimum atomic E-state index is -1.52. The van der Waals surface area contributed by atoms with Gasteiger partial charge in [-0.1, -0.05) is 18.5 Å². The van der Waals surface area contributed by atoms with Gasteiger partial charge in [-0.15, -0.1) is 0 Å². The number of hydrogen-bond donors (Lipinski definition) is 1. The van der Waals surface area contributed by atoms with E-state index in [1.807, 2.05) is 13.8 Å². The van der Waals surface area contributed by atoms with Crippen LogP contribution in [-0.4, -0.2) is 25.1 Å². The van der Waals surface area contributed by atoms with Crippen molar-refractivity contribution in [2.75, 3.05) is 0 Å². The van der Waals surface area contributed by atoms with Crippen LogP contribution in [0, 0.1) is 0 Å². The first-order chi connectivity index (χ1) is 9.97. The van der Waals surface area contributed by atoms with Gasteiger partial charge in [-0.25, -0.2) is 4.79 Å². The Kier molecular flexibility index (Phi) is 4.84. The van der Waals surface area contributed by atoms with Crippen LogP contribution in [0.15, 0.2) is 21.6 Å². The summed E-state index contributed by atoms with van der Waals surface area (Å²) in [5, 5.41) is 13.8. The van der Waals surface area contributed by atoms with E-state index < -0.39 is 16.8 Å². The fourth-order valence-electron chi connectivity index (χ4n) is 1.91. The van der Waals surface area contributed by atoms with E-state index in [4.69, 9.17) is 21.1 Å². The maximum absolute atomic E-state index is 12.3. The zero-order chi connectivity index (χ0) is 15.6. The highest BCUT2D eigenvalue weighted by Crippen LogP contribution is 2.25. The van der Waals surface area contributed by atoms with Crippen LogP contribution in [0.1, 0.15) is 35.8 Å². The molecule has 0 aliphatic rings. The van der Waals surface area contributed by atoms with E-state index in [1.165, 1.54) is 12.1 Å². The number of halogens is 1. The number of aryl methyl sites for hydroxylation is 2. The van der Waals surface area contributed by atoms with E-state index in [2.05, 4.69) is 5.10 Å². The topological polar surface area (TPSA) is 85.3 Å². The second-order valence-corrected chi connectivity index (χ2v) is 6.05. The Hall–Kier alpha value is -1.60. The molecule has 0 fully saturated rings. The van der Waals surface area contributed by atoms with Gasteiger partial charge in [0.15, 0.2) is 5.09 Å². The molecule has 2 aromatic heterocycles. The summed E-state index contributed by atoms with van der Waals surface area (Å²) < 4.78 is 19.1. The maximum Gasteiger partial charge on any atom is 0.371 e. The minimum Gasteiger partial charge on any atom is -0.475 e. The van der Waals surface area contributed by atoms with Gasteiger partial charge in [-0.05, 0) is 25.5 Å². The number of aromatic carboxylic acids is 1. The number of carboxylic acid groups (broad SMARTS) is 1. The van der Waals surface area contributed by atoms with Crippen molar-refractivity contribution in [3.05, 3.63) is 34.3 Å². The summed E-state index contributed by atoms with van der Waals surface area (Å²) in [6, 6.07) is 2.69. The van der Waals surface area contributed by atoms with Gasteiger partial charge in [0.1, 0.15) is 0 Å². The zero-order valence-electron chi connectivity index (χ0n) is 11.6. The molecule has 0 amide bonds. The highest BCUT2D eigenvalue weighted by atomic mass is 35.5. The summed E-state index contributed by atoms with van der Waals surface area (Å²) >= 11 is 6.25. The Morgan fingerprint density at radius 2 is 2.19 bits per heavy atom. The molecule has 1 N–H and O–H groups in total. The molecule has 6 nitrogen and oxygen atoms in total. The van der Waals surface area contributed by atoms with Crippen LogP contribution in [0.3, 0.4) is 0 Å². The SMILES string of the molecule is CCc1nn(CC)c(CS(=O)c2ccc(C(=O)O)o2)c1Cl. The van der Waals surface area contributed by atoms with Gasteiger partial charge >= 0.3 is 5.97 Å². The maximum atomic E-state index is 12.3. The first-order valence-electron chi connectivity index (χ1n) is 6.43. The summed E-state index contributed by atoms with van der Waals surface area (Å²) in [5.74, 6) is -1.29. The van der Waals surface area contributed by atoms with Crippen molar-refractivity contribution >= 4 is 28.4 Å². The molecule has 0 saturated heterocycles. The summed E-state index contributed by atoms with van der Waals surface area (Å²) in [4.78, 5) is 10.8. The minimum absolute atomic E-state index is 0.116. The molecule has 8 heteroatoms. The van der Waals surface area contributed by atoms with Crippen LogP contribution in [0.25, 0.3) is 0 Å². The first kappa shape index (κ1) is 15.8. The third-order valence-corrected chi connectivity index (χ3v) is 4.62. The average molecular weight is 331 g/mol. The lowest BCUT2D eigenvalue weighted by atomic mass is 10.3. The molecule has 114 valence electrons. The smallest absolute Gasteiger partial charge is 0.371 e. The van der Waals surface area contributed by atoms with E-state index in [9.17, 15) is 9.00 Å². The number of carboxylic acids is 1. The summed E-state index contributed by atoms with van der Waals surface area (Å²) in [6.45, 7) is 4.48. The van der Waals surface area contributed by atoms with Gasteiger partial charge in [0, 0.05) is 6.54 Å². The molecule has 0 radical (unpaired) electrons. The Balaban J connectivity index is 2.26. The standard InChI is InChI=1S/C13H15ClN2O4S/c1-3-8-12(14)9(16(4-2)15-8)7-21(19)11-6-5-10(20-11)13(17)18/h5-6H,3-4,7H2,1-2H3,(H,17,18). The molecule has 1 atom stereocenters. The second kappa shape index (κ2) is 6.44. The monoisotopic (exact) mass is 330 g/mol. The molecule has 0 aromatic carbocycles. The average Bonchev–Trinajstić information content (AvgIpc) is 3.05. The van der Waals surface area contributed by atoms with E-state index in [1.54, 1.807) is 4.68 Å². The van der Waals surface area contributed by atoms with Gasteiger partial charge < -0.3 is 9.52 Å². The molecule has 0 aliphatic heterocycles. The second-order valence-electron chi connectivity index (χ2n) is 4.29. The molecule has 21 heavy (non-hydrogen) atoms.